The number of benzene rings is 1. The molecule has 6 nitrogen and oxygen atoms in total. The van der Waals surface area contributed by atoms with E-state index in [-0.39, 0.29) is 23.0 Å². The van der Waals surface area contributed by atoms with Crippen molar-refractivity contribution in [2.75, 3.05) is 27.2 Å². The molecule has 0 aromatic heterocycles. The zero-order valence-corrected chi connectivity index (χ0v) is 13.0. The van der Waals surface area contributed by atoms with Crippen molar-refractivity contribution in [3.8, 4) is 0 Å². The van der Waals surface area contributed by atoms with E-state index in [0.717, 1.165) is 0 Å². The first kappa shape index (κ1) is 17.3. The number of carbonyl (C=O) groups is 3. The molecule has 0 saturated carbocycles. The van der Waals surface area contributed by atoms with Crippen molar-refractivity contribution in [1.29, 1.82) is 0 Å². The number of likely N-dealkylation sites (N-methyl/N-ethyl adjacent to an activating group) is 1. The van der Waals surface area contributed by atoms with E-state index in [2.05, 4.69) is 5.32 Å². The highest BCUT2D eigenvalue weighted by molar-refractivity contribution is 6.35. The quantitative estimate of drug-likeness (QED) is 0.826. The monoisotopic (exact) mass is 332 g/mol. The number of hydrogen-bond donors (Lipinski definition) is 1. The Morgan fingerprint density at radius 1 is 1.24 bits per heavy atom. The Morgan fingerprint density at radius 3 is 2.52 bits per heavy atom. The minimum absolute atomic E-state index is 0.0707. The van der Waals surface area contributed by atoms with Crippen molar-refractivity contribution in [3.05, 3.63) is 33.8 Å². The maximum Gasteiger partial charge on any atom is 0.340 e. The van der Waals surface area contributed by atoms with Gasteiger partial charge in [0.2, 0.25) is 5.91 Å². The van der Waals surface area contributed by atoms with Crippen LogP contribution in [0.2, 0.25) is 10.0 Å². The number of nitrogens with one attached hydrogen (secondary N) is 1. The predicted molar refractivity (Wildman–Crippen MR) is 78.4 cm³/mol. The third-order valence-corrected chi connectivity index (χ3v) is 2.98. The van der Waals surface area contributed by atoms with E-state index in [1.807, 2.05) is 0 Å². The molecule has 8 heteroatoms. The van der Waals surface area contributed by atoms with Crippen molar-refractivity contribution in [3.63, 3.8) is 0 Å². The molecule has 0 atom stereocenters. The normalized spacial score (nSPS) is 9.90. The number of nitrogens with zero attached hydrogens (tertiary/aromatic N) is 1. The molecule has 21 heavy (non-hydrogen) atoms. The van der Waals surface area contributed by atoms with Crippen molar-refractivity contribution < 1.29 is 19.1 Å². The van der Waals surface area contributed by atoms with E-state index in [9.17, 15) is 14.4 Å². The van der Waals surface area contributed by atoms with Crippen LogP contribution >= 0.6 is 23.2 Å². The van der Waals surface area contributed by atoms with Gasteiger partial charge in [0, 0.05) is 19.1 Å². The third kappa shape index (κ3) is 5.61. The Labute approximate surface area is 132 Å². The summed E-state index contributed by atoms with van der Waals surface area (Å²) in [6.45, 7) is -0.677. The Bertz CT molecular complexity index is 561. The standard InChI is InChI=1S/C13H14Cl2N2O4/c1-17(2)12(19)6-16-11(18)7-21-13(20)9-5-8(14)3-4-10(9)15/h3-5H,6-7H2,1-2H3,(H,16,18). The van der Waals surface area contributed by atoms with E-state index in [4.69, 9.17) is 27.9 Å². The molecule has 1 aromatic rings. The lowest BCUT2D eigenvalue weighted by Gasteiger charge is -2.11. The lowest BCUT2D eigenvalue weighted by atomic mass is 10.2. The molecule has 0 bridgehead atoms. The van der Waals surface area contributed by atoms with Gasteiger partial charge < -0.3 is 15.0 Å². The van der Waals surface area contributed by atoms with Gasteiger partial charge in [-0.3, -0.25) is 9.59 Å². The van der Waals surface area contributed by atoms with Crippen LogP contribution in [-0.2, 0) is 14.3 Å². The molecule has 0 aliphatic rings. The fourth-order valence-electron chi connectivity index (χ4n) is 1.25. The average molecular weight is 333 g/mol. The molecule has 1 N–H and O–H groups in total. The van der Waals surface area contributed by atoms with Crippen LogP contribution in [0.3, 0.4) is 0 Å². The Balaban J connectivity index is 2.48. The fourth-order valence-corrected chi connectivity index (χ4v) is 1.61. The van der Waals surface area contributed by atoms with Gasteiger partial charge in [-0.1, -0.05) is 23.2 Å². The van der Waals surface area contributed by atoms with Gasteiger partial charge in [-0.15, -0.1) is 0 Å². The van der Waals surface area contributed by atoms with Gasteiger partial charge in [0.25, 0.3) is 5.91 Å². The van der Waals surface area contributed by atoms with Crippen LogP contribution in [-0.4, -0.2) is 49.9 Å². The van der Waals surface area contributed by atoms with Gasteiger partial charge in [-0.2, -0.15) is 0 Å². The second kappa shape index (κ2) is 7.85. The van der Waals surface area contributed by atoms with E-state index in [1.165, 1.54) is 23.1 Å². The van der Waals surface area contributed by atoms with Gasteiger partial charge in [-0.25, -0.2) is 4.79 Å². The van der Waals surface area contributed by atoms with Gasteiger partial charge in [0.05, 0.1) is 17.1 Å². The molecular formula is C13H14Cl2N2O4. The van der Waals surface area contributed by atoms with Crippen LogP contribution in [0, 0.1) is 0 Å². The Kier molecular flexibility index (Phi) is 6.45. The molecule has 1 rings (SSSR count). The predicted octanol–water partition coefficient (Wildman–Crippen LogP) is 1.35. The SMILES string of the molecule is CN(C)C(=O)CNC(=O)COC(=O)c1cc(Cl)ccc1Cl. The van der Waals surface area contributed by atoms with Crippen LogP contribution in [0.15, 0.2) is 18.2 Å². The van der Waals surface area contributed by atoms with Crippen LogP contribution in [0.4, 0.5) is 0 Å². The molecule has 114 valence electrons. The molecule has 0 spiro atoms. The first-order valence-corrected chi connectivity index (χ1v) is 6.66. The van der Waals surface area contributed by atoms with Crippen molar-refractivity contribution in [2.45, 2.75) is 0 Å². The van der Waals surface area contributed by atoms with E-state index < -0.39 is 18.5 Å². The molecule has 0 heterocycles. The van der Waals surface area contributed by atoms with Gasteiger partial charge >= 0.3 is 5.97 Å². The minimum Gasteiger partial charge on any atom is -0.452 e. The number of halogens is 2. The maximum atomic E-state index is 11.7. The van der Waals surface area contributed by atoms with E-state index in [1.54, 1.807) is 14.1 Å². The number of ether oxygens (including phenoxy) is 1. The summed E-state index contributed by atoms with van der Waals surface area (Å²) in [5, 5.41) is 2.83. The largest absolute Gasteiger partial charge is 0.452 e. The van der Waals surface area contributed by atoms with Gasteiger partial charge in [-0.05, 0) is 18.2 Å². The second-order valence-corrected chi connectivity index (χ2v) is 5.11. The summed E-state index contributed by atoms with van der Waals surface area (Å²) in [6.07, 6.45) is 0. The van der Waals surface area contributed by atoms with E-state index >= 15 is 0 Å². The number of carbonyl (C=O) groups excluding carboxylic acids is 3. The highest BCUT2D eigenvalue weighted by Gasteiger charge is 2.15. The number of rotatable bonds is 5. The van der Waals surface area contributed by atoms with Crippen LogP contribution in [0.25, 0.3) is 0 Å². The highest BCUT2D eigenvalue weighted by Crippen LogP contribution is 2.21. The number of hydrogen-bond acceptors (Lipinski definition) is 4. The van der Waals surface area contributed by atoms with E-state index in [0.29, 0.717) is 5.02 Å². The molecule has 0 radical (unpaired) electrons. The molecule has 1 aromatic carbocycles. The van der Waals surface area contributed by atoms with Crippen molar-refractivity contribution in [2.24, 2.45) is 0 Å². The summed E-state index contributed by atoms with van der Waals surface area (Å²) in [4.78, 5) is 35.8. The summed E-state index contributed by atoms with van der Waals surface area (Å²) in [5.41, 5.74) is 0.0707. The Hall–Kier alpha value is -1.79. The molecule has 0 saturated heterocycles. The first-order chi connectivity index (χ1) is 9.81. The van der Waals surface area contributed by atoms with Crippen LogP contribution < -0.4 is 5.32 Å². The molecule has 2 amide bonds. The minimum atomic E-state index is -0.767. The van der Waals surface area contributed by atoms with Crippen molar-refractivity contribution in [1.82, 2.24) is 10.2 Å². The maximum absolute atomic E-state index is 11.7. The first-order valence-electron chi connectivity index (χ1n) is 5.90. The molecule has 0 aliphatic heterocycles. The summed E-state index contributed by atoms with van der Waals surface area (Å²) in [6, 6.07) is 4.33. The molecule has 0 unspecified atom stereocenters. The molecule has 0 fully saturated rings. The number of amides is 2. The average Bonchev–Trinajstić information content (AvgIpc) is 2.44. The summed E-state index contributed by atoms with van der Waals surface area (Å²) < 4.78 is 4.80. The molecular weight excluding hydrogens is 319 g/mol. The summed E-state index contributed by atoms with van der Waals surface area (Å²) in [7, 11) is 3.13. The van der Waals surface area contributed by atoms with Crippen molar-refractivity contribution >= 4 is 41.0 Å². The summed E-state index contributed by atoms with van der Waals surface area (Å²) in [5.74, 6) is -1.62. The van der Waals surface area contributed by atoms with Crippen LogP contribution in [0.5, 0.6) is 0 Å². The smallest absolute Gasteiger partial charge is 0.340 e. The fraction of sp³-hybridized carbons (Fsp3) is 0.308. The second-order valence-electron chi connectivity index (χ2n) is 4.27. The topological polar surface area (TPSA) is 75.7 Å². The lowest BCUT2D eigenvalue weighted by Crippen LogP contribution is -2.38. The summed E-state index contributed by atoms with van der Waals surface area (Å²) >= 11 is 11.6. The zero-order valence-electron chi connectivity index (χ0n) is 11.5. The van der Waals surface area contributed by atoms with Gasteiger partial charge in [0.1, 0.15) is 0 Å². The third-order valence-electron chi connectivity index (χ3n) is 2.42. The van der Waals surface area contributed by atoms with Crippen LogP contribution in [0.1, 0.15) is 10.4 Å². The highest BCUT2D eigenvalue weighted by atomic mass is 35.5. The lowest BCUT2D eigenvalue weighted by molar-refractivity contribution is -0.131. The Morgan fingerprint density at radius 2 is 1.90 bits per heavy atom. The molecule has 0 aliphatic carbocycles. The zero-order chi connectivity index (χ0) is 16.0. The number of esters is 1. The van der Waals surface area contributed by atoms with Gasteiger partial charge in [0.15, 0.2) is 6.61 Å².